The highest BCUT2D eigenvalue weighted by atomic mass is 35.5. The maximum absolute atomic E-state index is 10.7. The van der Waals surface area contributed by atoms with E-state index < -0.39 is 4.92 Å². The van der Waals surface area contributed by atoms with E-state index in [0.717, 1.165) is 11.3 Å². The minimum atomic E-state index is -0.444. The summed E-state index contributed by atoms with van der Waals surface area (Å²) in [5, 5.41) is 15.4. The minimum Gasteiger partial charge on any atom is -0.258 e. The molecule has 5 nitrogen and oxygen atoms in total. The van der Waals surface area contributed by atoms with Crippen LogP contribution in [0.15, 0.2) is 24.3 Å². The maximum Gasteiger partial charge on any atom is 0.271 e. The summed E-state index contributed by atoms with van der Waals surface area (Å²) >= 11 is 6.11. The summed E-state index contributed by atoms with van der Waals surface area (Å²) in [5.74, 6) is 0. The molecule has 0 N–H and O–H groups in total. The first kappa shape index (κ1) is 11.6. The van der Waals surface area contributed by atoms with Crippen molar-refractivity contribution < 1.29 is 4.92 Å². The summed E-state index contributed by atoms with van der Waals surface area (Å²) in [4.78, 5) is 10.2. The van der Waals surface area contributed by atoms with Crippen molar-refractivity contribution in [2.45, 2.75) is 13.8 Å². The first-order valence-corrected chi connectivity index (χ1v) is 5.35. The molecule has 1 heterocycles. The summed E-state index contributed by atoms with van der Waals surface area (Å²) in [6.45, 7) is 3.70. The molecule has 1 aromatic carbocycles. The second-order valence-corrected chi connectivity index (χ2v) is 4.05. The third-order valence-electron chi connectivity index (χ3n) is 2.57. The zero-order valence-corrected chi connectivity index (χ0v) is 10.1. The van der Waals surface area contributed by atoms with Crippen molar-refractivity contribution in [2.75, 3.05) is 0 Å². The lowest BCUT2D eigenvalue weighted by Crippen LogP contribution is -1.98. The van der Waals surface area contributed by atoms with Crippen LogP contribution in [0.5, 0.6) is 0 Å². The van der Waals surface area contributed by atoms with E-state index in [-0.39, 0.29) is 5.69 Å². The van der Waals surface area contributed by atoms with E-state index in [0.29, 0.717) is 10.8 Å². The standard InChI is InChI=1S/C11H10ClN3O2/c1-7-8(2)13-14(11(7)12)9-4-3-5-10(6-9)15(16)17/h3-6H,1-2H3. The van der Waals surface area contributed by atoms with Crippen LogP contribution in [0.25, 0.3) is 5.69 Å². The van der Waals surface area contributed by atoms with Gasteiger partial charge in [0.05, 0.1) is 16.3 Å². The minimum absolute atomic E-state index is 0.0179. The Bertz CT molecular complexity index is 592. The first-order chi connectivity index (χ1) is 8.00. The predicted octanol–water partition coefficient (Wildman–Crippen LogP) is 3.05. The smallest absolute Gasteiger partial charge is 0.258 e. The van der Waals surface area contributed by atoms with Gasteiger partial charge in [-0.2, -0.15) is 5.10 Å². The van der Waals surface area contributed by atoms with Gasteiger partial charge in [0.1, 0.15) is 5.15 Å². The predicted molar refractivity (Wildman–Crippen MR) is 64.7 cm³/mol. The van der Waals surface area contributed by atoms with E-state index in [2.05, 4.69) is 5.10 Å². The Labute approximate surface area is 103 Å². The van der Waals surface area contributed by atoms with Gasteiger partial charge < -0.3 is 0 Å². The van der Waals surface area contributed by atoms with Gasteiger partial charge in [-0.1, -0.05) is 17.7 Å². The summed E-state index contributed by atoms with van der Waals surface area (Å²) in [6.07, 6.45) is 0. The first-order valence-electron chi connectivity index (χ1n) is 4.97. The van der Waals surface area contributed by atoms with Crippen molar-refractivity contribution in [1.29, 1.82) is 0 Å². The quantitative estimate of drug-likeness (QED) is 0.609. The topological polar surface area (TPSA) is 61.0 Å². The number of hydrogen-bond donors (Lipinski definition) is 0. The van der Waals surface area contributed by atoms with Gasteiger partial charge in [-0.05, 0) is 19.9 Å². The summed E-state index contributed by atoms with van der Waals surface area (Å²) in [7, 11) is 0. The molecule has 0 saturated heterocycles. The van der Waals surface area contributed by atoms with Crippen molar-refractivity contribution in [3.8, 4) is 5.69 Å². The van der Waals surface area contributed by atoms with E-state index in [1.165, 1.54) is 16.8 Å². The van der Waals surface area contributed by atoms with Crippen LogP contribution in [-0.4, -0.2) is 14.7 Å². The Balaban J connectivity index is 2.56. The zero-order valence-electron chi connectivity index (χ0n) is 9.35. The van der Waals surface area contributed by atoms with Crippen LogP contribution in [0.2, 0.25) is 5.15 Å². The Morgan fingerprint density at radius 2 is 2.12 bits per heavy atom. The van der Waals surface area contributed by atoms with Crippen molar-refractivity contribution in [3.63, 3.8) is 0 Å². The number of aryl methyl sites for hydroxylation is 1. The molecule has 0 saturated carbocycles. The van der Waals surface area contributed by atoms with E-state index >= 15 is 0 Å². The molecule has 0 aliphatic carbocycles. The second-order valence-electron chi connectivity index (χ2n) is 3.69. The fraction of sp³-hybridized carbons (Fsp3) is 0.182. The van der Waals surface area contributed by atoms with Crippen molar-refractivity contribution in [2.24, 2.45) is 0 Å². The van der Waals surface area contributed by atoms with Crippen molar-refractivity contribution in [1.82, 2.24) is 9.78 Å². The van der Waals surface area contributed by atoms with Gasteiger partial charge in [0.15, 0.2) is 0 Å². The lowest BCUT2D eigenvalue weighted by atomic mass is 10.3. The lowest BCUT2D eigenvalue weighted by Gasteiger charge is -2.02. The van der Waals surface area contributed by atoms with E-state index in [9.17, 15) is 10.1 Å². The van der Waals surface area contributed by atoms with E-state index in [1.807, 2.05) is 13.8 Å². The summed E-state index contributed by atoms with van der Waals surface area (Å²) in [6, 6.07) is 6.21. The number of rotatable bonds is 2. The Hall–Kier alpha value is -1.88. The van der Waals surface area contributed by atoms with Crippen LogP contribution in [0.3, 0.4) is 0 Å². The molecule has 0 bridgehead atoms. The van der Waals surface area contributed by atoms with Crippen LogP contribution < -0.4 is 0 Å². The molecule has 0 amide bonds. The Morgan fingerprint density at radius 1 is 1.41 bits per heavy atom. The highest BCUT2D eigenvalue weighted by molar-refractivity contribution is 6.30. The summed E-state index contributed by atoms with van der Waals surface area (Å²) in [5.41, 5.74) is 2.28. The van der Waals surface area contributed by atoms with Crippen molar-refractivity contribution in [3.05, 3.63) is 50.8 Å². The van der Waals surface area contributed by atoms with Crippen LogP contribution in [0.4, 0.5) is 5.69 Å². The number of non-ortho nitro benzene ring substituents is 1. The molecule has 0 atom stereocenters. The summed E-state index contributed by atoms with van der Waals surface area (Å²) < 4.78 is 1.50. The average Bonchev–Trinajstić information content (AvgIpc) is 2.57. The van der Waals surface area contributed by atoms with Gasteiger partial charge in [-0.3, -0.25) is 10.1 Å². The second kappa shape index (κ2) is 4.18. The molecule has 2 rings (SSSR count). The van der Waals surface area contributed by atoms with Crippen LogP contribution in [0.1, 0.15) is 11.3 Å². The fourth-order valence-electron chi connectivity index (χ4n) is 1.49. The molecule has 0 aliphatic heterocycles. The largest absolute Gasteiger partial charge is 0.271 e. The monoisotopic (exact) mass is 251 g/mol. The number of nitrogens with zero attached hydrogens (tertiary/aromatic N) is 3. The number of nitro groups is 1. The van der Waals surface area contributed by atoms with Gasteiger partial charge in [-0.25, -0.2) is 4.68 Å². The Kier molecular flexibility index (Phi) is 2.85. The van der Waals surface area contributed by atoms with Gasteiger partial charge >= 0.3 is 0 Å². The molecular formula is C11H10ClN3O2. The number of benzene rings is 1. The molecule has 0 radical (unpaired) electrons. The molecular weight excluding hydrogens is 242 g/mol. The van der Waals surface area contributed by atoms with Crippen LogP contribution in [0, 0.1) is 24.0 Å². The number of halogens is 1. The lowest BCUT2D eigenvalue weighted by molar-refractivity contribution is -0.384. The van der Waals surface area contributed by atoms with Gasteiger partial charge in [0.25, 0.3) is 5.69 Å². The molecule has 2 aromatic rings. The number of aromatic nitrogens is 2. The van der Waals surface area contributed by atoms with Gasteiger partial charge in [0.2, 0.25) is 0 Å². The molecule has 17 heavy (non-hydrogen) atoms. The normalized spacial score (nSPS) is 10.5. The zero-order chi connectivity index (χ0) is 12.6. The van der Waals surface area contributed by atoms with Crippen LogP contribution in [-0.2, 0) is 0 Å². The maximum atomic E-state index is 10.7. The molecule has 0 aliphatic rings. The Morgan fingerprint density at radius 3 is 2.65 bits per heavy atom. The average molecular weight is 252 g/mol. The molecule has 1 aromatic heterocycles. The molecule has 6 heteroatoms. The van der Waals surface area contributed by atoms with Crippen LogP contribution >= 0.6 is 11.6 Å². The third-order valence-corrected chi connectivity index (χ3v) is 3.02. The van der Waals surface area contributed by atoms with Crippen molar-refractivity contribution >= 4 is 17.3 Å². The molecule has 0 fully saturated rings. The van der Waals surface area contributed by atoms with E-state index in [4.69, 9.17) is 11.6 Å². The highest BCUT2D eigenvalue weighted by Gasteiger charge is 2.13. The highest BCUT2D eigenvalue weighted by Crippen LogP contribution is 2.24. The van der Waals surface area contributed by atoms with Gasteiger partial charge in [-0.15, -0.1) is 0 Å². The fourth-order valence-corrected chi connectivity index (χ4v) is 1.76. The third kappa shape index (κ3) is 2.01. The molecule has 88 valence electrons. The molecule has 0 unspecified atom stereocenters. The SMILES string of the molecule is Cc1nn(-c2cccc([N+](=O)[O-])c2)c(Cl)c1C. The number of nitro benzene ring substituents is 1. The number of hydrogen-bond acceptors (Lipinski definition) is 3. The molecule has 0 spiro atoms. The van der Waals surface area contributed by atoms with Gasteiger partial charge in [0, 0.05) is 17.7 Å². The van der Waals surface area contributed by atoms with E-state index in [1.54, 1.807) is 12.1 Å².